The fourth-order valence-electron chi connectivity index (χ4n) is 2.38. The Morgan fingerprint density at radius 3 is 1.90 bits per heavy atom. The number of amides is 1. The first-order valence-corrected chi connectivity index (χ1v) is 8.67. The highest BCUT2D eigenvalue weighted by molar-refractivity contribution is 5.89. The van der Waals surface area contributed by atoms with Gasteiger partial charge in [-0.25, -0.2) is 0 Å². The number of unbranched alkanes of at least 4 members (excludes halogenated alkanes) is 8. The molecule has 3 N–H and O–H groups in total. The maximum Gasteiger partial charge on any atom is 0.220 e. The quantitative estimate of drug-likeness (QED) is 0.483. The molecule has 4 heteroatoms. The zero-order chi connectivity index (χ0) is 15.9. The third kappa shape index (κ3) is 11.4. The molecule has 0 heterocycles. The molecule has 0 saturated heterocycles. The fourth-order valence-corrected chi connectivity index (χ4v) is 2.38. The Morgan fingerprint density at radius 2 is 1.43 bits per heavy atom. The first-order valence-electron chi connectivity index (χ1n) is 8.67. The Bertz CT molecular complexity index is 280. The van der Waals surface area contributed by atoms with E-state index >= 15 is 0 Å². The second-order valence-corrected chi connectivity index (χ2v) is 5.75. The highest BCUT2D eigenvalue weighted by atomic mass is 16.2. The van der Waals surface area contributed by atoms with Crippen LogP contribution in [-0.4, -0.2) is 24.3 Å². The lowest BCUT2D eigenvalue weighted by molar-refractivity contribution is -0.127. The van der Waals surface area contributed by atoms with Crippen LogP contribution in [0.4, 0.5) is 0 Å². The first kappa shape index (κ1) is 20.1. The van der Waals surface area contributed by atoms with Crippen LogP contribution >= 0.6 is 0 Å². The predicted octanol–water partition coefficient (Wildman–Crippen LogP) is 3.33. The Hall–Kier alpha value is -0.900. The normalized spacial score (nSPS) is 12.1. The molecule has 0 aliphatic rings. The Labute approximate surface area is 130 Å². The van der Waals surface area contributed by atoms with Gasteiger partial charge in [-0.3, -0.25) is 9.59 Å². The zero-order valence-electron chi connectivity index (χ0n) is 14.0. The predicted molar refractivity (Wildman–Crippen MR) is 88.1 cm³/mol. The molecule has 0 spiro atoms. The number of nitrogens with two attached hydrogens (primary N) is 1. The van der Waals surface area contributed by atoms with Crippen molar-refractivity contribution in [2.75, 3.05) is 6.54 Å². The van der Waals surface area contributed by atoms with E-state index in [1.165, 1.54) is 44.9 Å². The number of carbonyl (C=O) groups is 2. The van der Waals surface area contributed by atoms with Crippen molar-refractivity contribution >= 4 is 11.7 Å². The van der Waals surface area contributed by atoms with Crippen LogP contribution in [0.2, 0.25) is 0 Å². The second-order valence-electron chi connectivity index (χ2n) is 5.75. The Morgan fingerprint density at radius 1 is 0.905 bits per heavy atom. The summed E-state index contributed by atoms with van der Waals surface area (Å²) in [4.78, 5) is 23.2. The Kier molecular flexibility index (Phi) is 13.5. The molecule has 1 unspecified atom stereocenters. The molecule has 1 amide bonds. The van der Waals surface area contributed by atoms with Gasteiger partial charge in [0.15, 0.2) is 5.78 Å². The molecular weight excluding hydrogens is 264 g/mol. The standard InChI is InChI=1S/C17H34N2O2/c1-3-5-6-7-8-9-10-11-12-13-17(21)19-15(14-18)16(20)4-2/h15H,3-14,18H2,1-2H3,(H,19,21). The van der Waals surface area contributed by atoms with E-state index in [1.54, 1.807) is 6.92 Å². The maximum atomic E-state index is 11.7. The number of rotatable bonds is 14. The summed E-state index contributed by atoms with van der Waals surface area (Å²) in [6.45, 7) is 4.21. The minimum atomic E-state index is -0.499. The van der Waals surface area contributed by atoms with E-state index in [4.69, 9.17) is 5.73 Å². The van der Waals surface area contributed by atoms with E-state index < -0.39 is 6.04 Å². The lowest BCUT2D eigenvalue weighted by Gasteiger charge is -2.14. The minimum Gasteiger partial charge on any atom is -0.345 e. The van der Waals surface area contributed by atoms with Gasteiger partial charge in [-0.15, -0.1) is 0 Å². The summed E-state index contributed by atoms with van der Waals surface area (Å²) in [5, 5.41) is 2.73. The van der Waals surface area contributed by atoms with Gasteiger partial charge < -0.3 is 11.1 Å². The number of hydrogen-bond acceptors (Lipinski definition) is 3. The smallest absolute Gasteiger partial charge is 0.220 e. The second kappa shape index (κ2) is 14.1. The van der Waals surface area contributed by atoms with Crippen LogP contribution in [-0.2, 0) is 9.59 Å². The van der Waals surface area contributed by atoms with Gasteiger partial charge in [0.25, 0.3) is 0 Å². The van der Waals surface area contributed by atoms with Gasteiger partial charge in [0.05, 0.1) is 6.04 Å². The molecule has 0 aliphatic carbocycles. The summed E-state index contributed by atoms with van der Waals surface area (Å²) in [5.41, 5.74) is 5.51. The summed E-state index contributed by atoms with van der Waals surface area (Å²) in [7, 11) is 0. The molecule has 0 fully saturated rings. The summed E-state index contributed by atoms with van der Waals surface area (Å²) in [6.07, 6.45) is 12.0. The van der Waals surface area contributed by atoms with Crippen molar-refractivity contribution in [1.29, 1.82) is 0 Å². The fraction of sp³-hybridized carbons (Fsp3) is 0.882. The van der Waals surface area contributed by atoms with E-state index in [-0.39, 0.29) is 18.2 Å². The van der Waals surface area contributed by atoms with Crippen LogP contribution in [0.1, 0.15) is 84.5 Å². The van der Waals surface area contributed by atoms with Crippen molar-refractivity contribution in [3.05, 3.63) is 0 Å². The number of carbonyl (C=O) groups excluding carboxylic acids is 2. The van der Waals surface area contributed by atoms with Crippen LogP contribution in [0.5, 0.6) is 0 Å². The zero-order valence-corrected chi connectivity index (χ0v) is 14.0. The van der Waals surface area contributed by atoms with Crippen LogP contribution < -0.4 is 11.1 Å². The van der Waals surface area contributed by atoms with Gasteiger partial charge in [0, 0.05) is 19.4 Å². The van der Waals surface area contributed by atoms with Crippen molar-refractivity contribution in [2.45, 2.75) is 90.5 Å². The van der Waals surface area contributed by atoms with Crippen LogP contribution in [0.3, 0.4) is 0 Å². The van der Waals surface area contributed by atoms with Crippen LogP contribution in [0.15, 0.2) is 0 Å². The molecule has 124 valence electrons. The van der Waals surface area contributed by atoms with Gasteiger partial charge in [-0.1, -0.05) is 65.2 Å². The maximum absolute atomic E-state index is 11.7. The van der Waals surface area contributed by atoms with Gasteiger partial charge in [-0.05, 0) is 6.42 Å². The van der Waals surface area contributed by atoms with Crippen molar-refractivity contribution in [3.8, 4) is 0 Å². The molecule has 0 aromatic carbocycles. The average molecular weight is 298 g/mol. The summed E-state index contributed by atoms with van der Waals surface area (Å²) < 4.78 is 0. The Balaban J connectivity index is 3.51. The summed E-state index contributed by atoms with van der Waals surface area (Å²) in [6, 6.07) is -0.499. The molecule has 0 rings (SSSR count). The number of hydrogen-bond donors (Lipinski definition) is 2. The minimum absolute atomic E-state index is 0.0120. The highest BCUT2D eigenvalue weighted by Gasteiger charge is 2.16. The van der Waals surface area contributed by atoms with Crippen LogP contribution in [0.25, 0.3) is 0 Å². The third-order valence-electron chi connectivity index (χ3n) is 3.82. The SMILES string of the molecule is CCCCCCCCCCCC(=O)NC(CN)C(=O)CC. The third-order valence-corrected chi connectivity index (χ3v) is 3.82. The van der Waals surface area contributed by atoms with E-state index in [9.17, 15) is 9.59 Å². The molecule has 0 aliphatic heterocycles. The number of nitrogens with one attached hydrogen (secondary N) is 1. The number of Topliss-reactive ketones (excluding diaryl/α,β-unsaturated/α-hetero) is 1. The van der Waals surface area contributed by atoms with Crippen molar-refractivity contribution in [1.82, 2.24) is 5.32 Å². The van der Waals surface area contributed by atoms with Crippen LogP contribution in [0, 0.1) is 0 Å². The van der Waals surface area contributed by atoms with E-state index in [0.29, 0.717) is 12.8 Å². The molecule has 0 aromatic heterocycles. The topological polar surface area (TPSA) is 72.2 Å². The summed E-state index contributed by atoms with van der Waals surface area (Å²) in [5.74, 6) is -0.0341. The molecule has 21 heavy (non-hydrogen) atoms. The van der Waals surface area contributed by atoms with Crippen molar-refractivity contribution < 1.29 is 9.59 Å². The van der Waals surface area contributed by atoms with Crippen molar-refractivity contribution in [2.24, 2.45) is 5.73 Å². The van der Waals surface area contributed by atoms with Gasteiger partial charge in [0.2, 0.25) is 5.91 Å². The molecular formula is C17H34N2O2. The van der Waals surface area contributed by atoms with E-state index in [2.05, 4.69) is 12.2 Å². The lowest BCUT2D eigenvalue weighted by atomic mass is 10.1. The first-order chi connectivity index (χ1) is 10.2. The van der Waals surface area contributed by atoms with Crippen molar-refractivity contribution in [3.63, 3.8) is 0 Å². The molecule has 0 bridgehead atoms. The van der Waals surface area contributed by atoms with Gasteiger partial charge in [0.1, 0.15) is 0 Å². The van der Waals surface area contributed by atoms with Gasteiger partial charge in [-0.2, -0.15) is 0 Å². The largest absolute Gasteiger partial charge is 0.345 e. The monoisotopic (exact) mass is 298 g/mol. The average Bonchev–Trinajstić information content (AvgIpc) is 2.50. The molecule has 4 nitrogen and oxygen atoms in total. The molecule has 0 aromatic rings. The highest BCUT2D eigenvalue weighted by Crippen LogP contribution is 2.10. The van der Waals surface area contributed by atoms with E-state index in [0.717, 1.165) is 12.8 Å². The van der Waals surface area contributed by atoms with E-state index in [1.807, 2.05) is 0 Å². The molecule has 0 saturated carbocycles. The molecule has 0 radical (unpaired) electrons. The molecule has 1 atom stereocenters. The lowest BCUT2D eigenvalue weighted by Crippen LogP contribution is -2.45. The number of ketones is 1. The van der Waals surface area contributed by atoms with Gasteiger partial charge >= 0.3 is 0 Å². The summed E-state index contributed by atoms with van der Waals surface area (Å²) >= 11 is 0.